The van der Waals surface area contributed by atoms with Crippen LogP contribution in [0.1, 0.15) is 17.0 Å². The number of ether oxygens (including phenoxy) is 1. The van der Waals surface area contributed by atoms with Crippen LogP contribution in [0, 0.1) is 0 Å². The molecule has 0 aliphatic heterocycles. The molecule has 158 valence electrons. The van der Waals surface area contributed by atoms with Gasteiger partial charge in [0.2, 0.25) is 11.8 Å². The fraction of sp³-hybridized carbons (Fsp3) is 0.167. The van der Waals surface area contributed by atoms with Gasteiger partial charge in [-0.25, -0.2) is 4.98 Å². The Bertz CT molecular complexity index is 1220. The summed E-state index contributed by atoms with van der Waals surface area (Å²) in [6, 6.07) is 20.2. The van der Waals surface area contributed by atoms with Crippen molar-refractivity contribution >= 4 is 40.2 Å². The molecule has 0 aliphatic carbocycles. The van der Waals surface area contributed by atoms with Crippen molar-refractivity contribution in [1.82, 2.24) is 9.88 Å². The number of rotatable bonds is 7. The van der Waals surface area contributed by atoms with Crippen LogP contribution >= 0.6 is 23.2 Å². The van der Waals surface area contributed by atoms with Crippen LogP contribution in [0.25, 0.3) is 11.1 Å². The van der Waals surface area contributed by atoms with Crippen LogP contribution < -0.4 is 4.74 Å². The van der Waals surface area contributed by atoms with Gasteiger partial charge in [0.05, 0.1) is 20.1 Å². The number of fused-ring (bicyclic) bond motifs is 1. The molecule has 7 heteroatoms. The number of halogens is 2. The minimum Gasteiger partial charge on any atom is -0.497 e. The second-order valence-electron chi connectivity index (χ2n) is 7.13. The average Bonchev–Trinajstić information content (AvgIpc) is 3.15. The maximum absolute atomic E-state index is 13.2. The van der Waals surface area contributed by atoms with Gasteiger partial charge in [-0.05, 0) is 53.6 Å². The first-order valence-electron chi connectivity index (χ1n) is 9.70. The van der Waals surface area contributed by atoms with E-state index in [1.165, 1.54) is 0 Å². The third-order valence-corrected chi connectivity index (χ3v) is 5.29. The van der Waals surface area contributed by atoms with E-state index in [1.807, 2.05) is 42.5 Å². The van der Waals surface area contributed by atoms with Gasteiger partial charge in [0.25, 0.3) is 0 Å². The molecular weight excluding hydrogens is 435 g/mol. The molecule has 0 bridgehead atoms. The summed E-state index contributed by atoms with van der Waals surface area (Å²) < 4.78 is 11.1. The van der Waals surface area contributed by atoms with E-state index in [0.717, 1.165) is 11.1 Å². The van der Waals surface area contributed by atoms with Crippen molar-refractivity contribution in [2.75, 3.05) is 7.11 Å². The van der Waals surface area contributed by atoms with E-state index >= 15 is 0 Å². The second kappa shape index (κ2) is 9.41. The van der Waals surface area contributed by atoms with E-state index < -0.39 is 0 Å². The summed E-state index contributed by atoms with van der Waals surface area (Å²) >= 11 is 12.2. The highest BCUT2D eigenvalue weighted by Gasteiger charge is 2.19. The molecule has 31 heavy (non-hydrogen) atoms. The predicted molar refractivity (Wildman–Crippen MR) is 121 cm³/mol. The molecule has 0 radical (unpaired) electrons. The number of carbonyl (C=O) groups excluding carboxylic acids is 1. The SMILES string of the molecule is COc1cccc(CC(=O)N(Cc2cccc(Cl)c2)Cc2nc3cc(Cl)ccc3o2)c1. The summed E-state index contributed by atoms with van der Waals surface area (Å²) in [4.78, 5) is 19.4. The maximum atomic E-state index is 13.2. The molecule has 0 spiro atoms. The first kappa shape index (κ1) is 21.2. The lowest BCUT2D eigenvalue weighted by Gasteiger charge is -2.22. The van der Waals surface area contributed by atoms with Gasteiger partial charge in [-0.15, -0.1) is 0 Å². The van der Waals surface area contributed by atoms with Crippen molar-refractivity contribution in [3.63, 3.8) is 0 Å². The summed E-state index contributed by atoms with van der Waals surface area (Å²) in [5.41, 5.74) is 3.07. The summed E-state index contributed by atoms with van der Waals surface area (Å²) in [7, 11) is 1.60. The maximum Gasteiger partial charge on any atom is 0.227 e. The molecule has 0 saturated carbocycles. The number of carbonyl (C=O) groups is 1. The average molecular weight is 455 g/mol. The molecule has 1 heterocycles. The molecule has 0 N–H and O–H groups in total. The third-order valence-electron chi connectivity index (χ3n) is 4.82. The quantitative estimate of drug-likeness (QED) is 0.348. The summed E-state index contributed by atoms with van der Waals surface area (Å²) in [5, 5.41) is 1.20. The van der Waals surface area contributed by atoms with E-state index in [0.29, 0.717) is 39.3 Å². The lowest BCUT2D eigenvalue weighted by atomic mass is 10.1. The Morgan fingerprint density at radius 3 is 2.55 bits per heavy atom. The van der Waals surface area contributed by atoms with Gasteiger partial charge in [0.15, 0.2) is 5.58 Å². The third kappa shape index (κ3) is 5.37. The van der Waals surface area contributed by atoms with Crippen LogP contribution in [-0.2, 0) is 24.3 Å². The fourth-order valence-corrected chi connectivity index (χ4v) is 3.72. The van der Waals surface area contributed by atoms with Crippen molar-refractivity contribution in [2.45, 2.75) is 19.5 Å². The standard InChI is InChI=1S/C24H20Cl2N2O3/c1-30-20-7-3-4-16(11-20)12-24(29)28(14-17-5-2-6-18(25)10-17)15-23-27-21-13-19(26)8-9-22(21)31-23/h2-11,13H,12,14-15H2,1H3. The van der Waals surface area contributed by atoms with Crippen LogP contribution in [0.3, 0.4) is 0 Å². The minimum absolute atomic E-state index is 0.0616. The lowest BCUT2D eigenvalue weighted by Crippen LogP contribution is -2.31. The number of hydrogen-bond acceptors (Lipinski definition) is 4. The van der Waals surface area contributed by atoms with Crippen molar-refractivity contribution in [1.29, 1.82) is 0 Å². The smallest absolute Gasteiger partial charge is 0.227 e. The highest BCUT2D eigenvalue weighted by Crippen LogP contribution is 2.22. The van der Waals surface area contributed by atoms with E-state index in [1.54, 1.807) is 36.3 Å². The second-order valence-corrected chi connectivity index (χ2v) is 8.00. The van der Waals surface area contributed by atoms with Gasteiger partial charge in [-0.1, -0.05) is 47.5 Å². The van der Waals surface area contributed by atoms with Gasteiger partial charge in [0.1, 0.15) is 11.3 Å². The first-order valence-corrected chi connectivity index (χ1v) is 10.5. The zero-order chi connectivity index (χ0) is 21.8. The van der Waals surface area contributed by atoms with E-state index in [-0.39, 0.29) is 18.9 Å². The van der Waals surface area contributed by atoms with Gasteiger partial charge >= 0.3 is 0 Å². The Kier molecular flexibility index (Phi) is 6.44. The number of benzene rings is 3. The Morgan fingerprint density at radius 2 is 1.74 bits per heavy atom. The number of amides is 1. The van der Waals surface area contributed by atoms with Crippen LogP contribution in [0.2, 0.25) is 10.0 Å². The largest absolute Gasteiger partial charge is 0.497 e. The highest BCUT2D eigenvalue weighted by atomic mass is 35.5. The summed E-state index contributed by atoms with van der Waals surface area (Å²) in [6.45, 7) is 0.602. The van der Waals surface area contributed by atoms with E-state index in [4.69, 9.17) is 32.4 Å². The van der Waals surface area contributed by atoms with Gasteiger partial charge in [-0.3, -0.25) is 4.79 Å². The number of hydrogen-bond donors (Lipinski definition) is 0. The number of aromatic nitrogens is 1. The number of methoxy groups -OCH3 is 1. The first-order chi connectivity index (χ1) is 15.0. The van der Waals surface area contributed by atoms with Gasteiger partial charge in [0, 0.05) is 16.6 Å². The Hall–Kier alpha value is -3.02. The Balaban J connectivity index is 1.60. The van der Waals surface area contributed by atoms with Crippen LogP contribution in [0.15, 0.2) is 71.1 Å². The van der Waals surface area contributed by atoms with Gasteiger partial charge < -0.3 is 14.1 Å². The van der Waals surface area contributed by atoms with Crippen molar-refractivity contribution in [2.24, 2.45) is 0 Å². The molecule has 3 aromatic carbocycles. The molecule has 4 rings (SSSR count). The van der Waals surface area contributed by atoms with Crippen molar-refractivity contribution in [3.05, 3.63) is 93.8 Å². The highest BCUT2D eigenvalue weighted by molar-refractivity contribution is 6.31. The molecule has 0 aliphatic rings. The van der Waals surface area contributed by atoms with Crippen LogP contribution in [0.5, 0.6) is 5.75 Å². The molecule has 0 atom stereocenters. The summed E-state index contributed by atoms with van der Waals surface area (Å²) in [5.74, 6) is 1.09. The van der Waals surface area contributed by atoms with Crippen molar-refractivity contribution in [3.8, 4) is 5.75 Å². The normalized spacial score (nSPS) is 10.9. The topological polar surface area (TPSA) is 55.6 Å². The van der Waals surface area contributed by atoms with E-state index in [2.05, 4.69) is 4.98 Å². The van der Waals surface area contributed by atoms with Gasteiger partial charge in [-0.2, -0.15) is 0 Å². The minimum atomic E-state index is -0.0616. The monoisotopic (exact) mass is 454 g/mol. The van der Waals surface area contributed by atoms with Crippen LogP contribution in [0.4, 0.5) is 0 Å². The van der Waals surface area contributed by atoms with E-state index in [9.17, 15) is 4.79 Å². The fourth-order valence-electron chi connectivity index (χ4n) is 3.34. The molecule has 0 saturated heterocycles. The number of oxazole rings is 1. The molecule has 1 aromatic heterocycles. The molecule has 5 nitrogen and oxygen atoms in total. The number of nitrogens with zero attached hydrogens (tertiary/aromatic N) is 2. The zero-order valence-electron chi connectivity index (χ0n) is 16.8. The molecule has 1 amide bonds. The molecular formula is C24H20Cl2N2O3. The lowest BCUT2D eigenvalue weighted by molar-refractivity contribution is -0.132. The van der Waals surface area contributed by atoms with Crippen LogP contribution in [-0.4, -0.2) is 22.9 Å². The Morgan fingerprint density at radius 1 is 0.968 bits per heavy atom. The molecule has 0 unspecified atom stereocenters. The molecule has 4 aromatic rings. The predicted octanol–water partition coefficient (Wildman–Crippen LogP) is 5.91. The van der Waals surface area contributed by atoms with Crippen molar-refractivity contribution < 1.29 is 13.9 Å². The molecule has 0 fully saturated rings. The Labute approximate surface area is 190 Å². The zero-order valence-corrected chi connectivity index (χ0v) is 18.4. The summed E-state index contributed by atoms with van der Waals surface area (Å²) in [6.07, 6.45) is 0.226.